The summed E-state index contributed by atoms with van der Waals surface area (Å²) in [4.78, 5) is 20.0. The third-order valence-electron chi connectivity index (χ3n) is 4.89. The highest BCUT2D eigenvalue weighted by atomic mass is 16.6. The normalized spacial score (nSPS) is 12.6. The molecular weight excluding hydrogens is 356 g/mol. The molecule has 0 saturated carbocycles. The maximum atomic E-state index is 10.9. The zero-order chi connectivity index (χ0) is 19.5. The van der Waals surface area contributed by atoms with Crippen LogP contribution in [0.25, 0.3) is 22.6 Å². The summed E-state index contributed by atoms with van der Waals surface area (Å²) < 4.78 is 0. The highest BCUT2D eigenvalue weighted by Gasteiger charge is 2.21. The molecule has 0 fully saturated rings. The van der Waals surface area contributed by atoms with Crippen LogP contribution in [0.5, 0.6) is 0 Å². The van der Waals surface area contributed by atoms with Crippen LogP contribution in [0.1, 0.15) is 17.5 Å². The third-order valence-corrected chi connectivity index (χ3v) is 4.89. The number of nitrogens with one attached hydrogen (secondary N) is 1. The van der Waals surface area contributed by atoms with E-state index < -0.39 is 4.92 Å². The van der Waals surface area contributed by atoms with Gasteiger partial charge in [0, 0.05) is 35.4 Å². The van der Waals surface area contributed by atoms with Crippen LogP contribution in [-0.2, 0) is 12.8 Å². The molecule has 4 rings (SSSR count). The van der Waals surface area contributed by atoms with Crippen molar-refractivity contribution in [3.63, 3.8) is 0 Å². The molecule has 0 aliphatic heterocycles. The van der Waals surface area contributed by atoms with Gasteiger partial charge in [0.2, 0.25) is 0 Å². The first kappa shape index (κ1) is 18.1. The van der Waals surface area contributed by atoms with Crippen molar-refractivity contribution in [3.05, 3.63) is 69.8 Å². The summed E-state index contributed by atoms with van der Waals surface area (Å²) in [5.74, 6) is 1.22. The fraction of sp³-hybridized carbons (Fsp3) is 0.238. The number of nitro benzene ring substituents is 1. The van der Waals surface area contributed by atoms with Crippen molar-refractivity contribution < 1.29 is 10.0 Å². The van der Waals surface area contributed by atoms with Crippen molar-refractivity contribution in [2.75, 3.05) is 18.5 Å². The van der Waals surface area contributed by atoms with Crippen molar-refractivity contribution in [2.45, 2.75) is 19.3 Å². The Bertz CT molecular complexity index is 1020. The average Bonchev–Trinajstić information content (AvgIpc) is 2.91. The first-order chi connectivity index (χ1) is 13.7. The van der Waals surface area contributed by atoms with Gasteiger partial charge < -0.3 is 10.4 Å². The molecule has 3 aromatic rings. The molecule has 1 aliphatic rings. The fourth-order valence-corrected chi connectivity index (χ4v) is 3.55. The number of fused-ring (bicyclic) bond motifs is 3. The molecule has 2 aromatic carbocycles. The van der Waals surface area contributed by atoms with Crippen LogP contribution in [0.3, 0.4) is 0 Å². The molecular formula is C21H20N4O3. The second-order valence-electron chi connectivity index (χ2n) is 6.69. The largest absolute Gasteiger partial charge is 0.395 e. The summed E-state index contributed by atoms with van der Waals surface area (Å²) >= 11 is 0. The third kappa shape index (κ3) is 3.44. The van der Waals surface area contributed by atoms with Gasteiger partial charge in [0.1, 0.15) is 5.82 Å². The number of aromatic nitrogens is 2. The number of nitro groups is 1. The molecule has 0 saturated heterocycles. The molecule has 0 radical (unpaired) electrons. The summed E-state index contributed by atoms with van der Waals surface area (Å²) in [6, 6.07) is 14.5. The van der Waals surface area contributed by atoms with E-state index in [2.05, 4.69) is 22.4 Å². The lowest BCUT2D eigenvalue weighted by atomic mass is 10.0. The van der Waals surface area contributed by atoms with Gasteiger partial charge in [-0.2, -0.15) is 0 Å². The van der Waals surface area contributed by atoms with E-state index in [1.54, 1.807) is 12.1 Å². The number of nitrogens with zero attached hydrogens (tertiary/aromatic N) is 3. The highest BCUT2D eigenvalue weighted by molar-refractivity contribution is 5.75. The van der Waals surface area contributed by atoms with Gasteiger partial charge in [-0.05, 0) is 37.0 Å². The minimum absolute atomic E-state index is 0.00221. The summed E-state index contributed by atoms with van der Waals surface area (Å²) in [6.45, 7) is 0.396. The van der Waals surface area contributed by atoms with Gasteiger partial charge in [-0.3, -0.25) is 10.1 Å². The Morgan fingerprint density at radius 3 is 2.61 bits per heavy atom. The summed E-state index contributed by atoms with van der Waals surface area (Å²) in [5.41, 5.74) is 5.01. The number of aliphatic hydroxyl groups excluding tert-OH is 1. The Hall–Kier alpha value is -3.32. The maximum Gasteiger partial charge on any atom is 0.269 e. The van der Waals surface area contributed by atoms with E-state index >= 15 is 0 Å². The Kier molecular flexibility index (Phi) is 4.99. The van der Waals surface area contributed by atoms with E-state index in [1.165, 1.54) is 17.7 Å². The lowest BCUT2D eigenvalue weighted by Crippen LogP contribution is -2.12. The van der Waals surface area contributed by atoms with Gasteiger partial charge in [0.15, 0.2) is 5.82 Å². The number of anilines is 1. The zero-order valence-corrected chi connectivity index (χ0v) is 15.3. The monoisotopic (exact) mass is 376 g/mol. The van der Waals surface area contributed by atoms with Crippen LogP contribution < -0.4 is 5.32 Å². The van der Waals surface area contributed by atoms with Crippen molar-refractivity contribution in [3.8, 4) is 22.6 Å². The second kappa shape index (κ2) is 7.74. The molecule has 0 unspecified atom stereocenters. The van der Waals surface area contributed by atoms with E-state index in [0.29, 0.717) is 23.8 Å². The molecule has 0 bridgehead atoms. The molecule has 28 heavy (non-hydrogen) atoms. The lowest BCUT2D eigenvalue weighted by Gasteiger charge is -2.15. The smallest absolute Gasteiger partial charge is 0.269 e. The average molecular weight is 376 g/mol. The Labute approximate surface area is 162 Å². The predicted octanol–water partition coefficient (Wildman–Crippen LogP) is 3.61. The van der Waals surface area contributed by atoms with Gasteiger partial charge in [0.25, 0.3) is 5.69 Å². The van der Waals surface area contributed by atoms with E-state index in [0.717, 1.165) is 36.1 Å². The lowest BCUT2D eigenvalue weighted by molar-refractivity contribution is -0.384. The van der Waals surface area contributed by atoms with Gasteiger partial charge in [-0.1, -0.05) is 24.3 Å². The summed E-state index contributed by atoms with van der Waals surface area (Å²) in [7, 11) is 0. The van der Waals surface area contributed by atoms with E-state index in [1.807, 2.05) is 12.1 Å². The van der Waals surface area contributed by atoms with Gasteiger partial charge in [-0.25, -0.2) is 9.97 Å². The number of aliphatic hydroxyl groups is 1. The Morgan fingerprint density at radius 1 is 1.07 bits per heavy atom. The van der Waals surface area contributed by atoms with Crippen LogP contribution >= 0.6 is 0 Å². The van der Waals surface area contributed by atoms with Crippen LogP contribution in [0.4, 0.5) is 11.5 Å². The quantitative estimate of drug-likeness (QED) is 0.521. The first-order valence-electron chi connectivity index (χ1n) is 9.26. The maximum absolute atomic E-state index is 10.9. The molecule has 1 heterocycles. The van der Waals surface area contributed by atoms with E-state index in [-0.39, 0.29) is 12.3 Å². The number of aryl methyl sites for hydroxylation is 1. The highest BCUT2D eigenvalue weighted by Crippen LogP contribution is 2.35. The number of benzene rings is 2. The number of non-ortho nitro benzene ring substituents is 1. The predicted molar refractivity (Wildman–Crippen MR) is 107 cm³/mol. The molecule has 0 atom stereocenters. The van der Waals surface area contributed by atoms with Crippen LogP contribution in [0, 0.1) is 10.1 Å². The molecule has 1 aromatic heterocycles. The van der Waals surface area contributed by atoms with Crippen LogP contribution in [0.15, 0.2) is 48.5 Å². The molecule has 7 nitrogen and oxygen atoms in total. The van der Waals surface area contributed by atoms with Gasteiger partial charge in [0.05, 0.1) is 17.2 Å². The number of rotatable bonds is 5. The topological polar surface area (TPSA) is 101 Å². The zero-order valence-electron chi connectivity index (χ0n) is 15.3. The molecule has 0 spiro atoms. The number of hydrogen-bond donors (Lipinski definition) is 2. The van der Waals surface area contributed by atoms with Crippen LogP contribution in [0.2, 0.25) is 0 Å². The van der Waals surface area contributed by atoms with Gasteiger partial charge >= 0.3 is 0 Å². The summed E-state index contributed by atoms with van der Waals surface area (Å²) in [6.07, 6.45) is 2.81. The molecule has 7 heteroatoms. The minimum Gasteiger partial charge on any atom is -0.395 e. The van der Waals surface area contributed by atoms with E-state index in [4.69, 9.17) is 4.98 Å². The van der Waals surface area contributed by atoms with E-state index in [9.17, 15) is 15.2 Å². The molecule has 142 valence electrons. The fourth-order valence-electron chi connectivity index (χ4n) is 3.55. The number of hydrogen-bond acceptors (Lipinski definition) is 6. The van der Waals surface area contributed by atoms with Crippen LogP contribution in [-0.4, -0.2) is 33.1 Å². The molecule has 2 N–H and O–H groups in total. The van der Waals surface area contributed by atoms with Crippen molar-refractivity contribution in [1.29, 1.82) is 0 Å². The second-order valence-corrected chi connectivity index (χ2v) is 6.69. The SMILES string of the molecule is O=[N+]([O-])c1ccc(-c2nc(NCCO)c3c(n2)-c2ccccc2CCC3)cc1. The minimum atomic E-state index is -0.424. The molecule has 1 aliphatic carbocycles. The first-order valence-corrected chi connectivity index (χ1v) is 9.26. The Balaban J connectivity index is 1.87. The summed E-state index contributed by atoms with van der Waals surface area (Å²) in [5, 5.41) is 23.4. The van der Waals surface area contributed by atoms with Crippen molar-refractivity contribution >= 4 is 11.5 Å². The standard InChI is InChI=1S/C21H20N4O3/c26-13-12-22-21-18-7-3-5-14-4-1-2-6-17(14)19(18)23-20(24-21)15-8-10-16(11-9-15)25(27)28/h1-2,4,6,8-11,26H,3,5,7,12-13H2,(H,22,23,24). The Morgan fingerprint density at radius 2 is 1.86 bits per heavy atom. The van der Waals surface area contributed by atoms with Crippen molar-refractivity contribution in [2.24, 2.45) is 0 Å². The van der Waals surface area contributed by atoms with Crippen molar-refractivity contribution in [1.82, 2.24) is 9.97 Å². The molecule has 0 amide bonds. The van der Waals surface area contributed by atoms with Gasteiger partial charge in [-0.15, -0.1) is 0 Å².